The van der Waals surface area contributed by atoms with Crippen LogP contribution in [0.2, 0.25) is 0 Å². The summed E-state index contributed by atoms with van der Waals surface area (Å²) in [5.41, 5.74) is 0. The van der Waals surface area contributed by atoms with Crippen molar-refractivity contribution in [1.29, 1.82) is 0 Å². The second-order valence-electron chi connectivity index (χ2n) is 1.57. The summed E-state index contributed by atoms with van der Waals surface area (Å²) < 4.78 is 16.4. The minimum atomic E-state index is -2.27. The Bertz CT molecular complexity index is 164. The van der Waals surface area contributed by atoms with E-state index in [1.54, 1.807) is 0 Å². The number of carbonyl (C=O) groups is 2. The fourth-order valence-corrected chi connectivity index (χ4v) is 0.270. The number of hydrogen-bond acceptors (Lipinski definition) is 6. The van der Waals surface area contributed by atoms with Gasteiger partial charge in [-0.25, -0.2) is 9.59 Å². The van der Waals surface area contributed by atoms with Crippen molar-refractivity contribution >= 4 is 11.9 Å². The van der Waals surface area contributed by atoms with Gasteiger partial charge in [-0.2, -0.15) is 0 Å². The summed E-state index contributed by atoms with van der Waals surface area (Å²) in [5, 5.41) is 32.5. The number of rotatable bonds is 3. The van der Waals surface area contributed by atoms with Crippen molar-refractivity contribution in [2.45, 2.75) is 12.2 Å². The number of aliphatic hydroxyl groups is 2. The Balaban J connectivity index is -0.000000266. The molecule has 0 aromatic carbocycles. The van der Waals surface area contributed by atoms with E-state index in [0.717, 1.165) is 34.7 Å². The van der Waals surface area contributed by atoms with Gasteiger partial charge in [0.25, 0.3) is 0 Å². The first-order valence-corrected chi connectivity index (χ1v) is 3.79. The Labute approximate surface area is 96.3 Å². The first-order chi connectivity index (χ1) is 6.46. The topological polar surface area (TPSA) is 149 Å². The normalized spacial score (nSPS) is 11.7. The third-order valence-electron chi connectivity index (χ3n) is 0.805. The van der Waals surface area contributed by atoms with E-state index in [1.165, 1.54) is 0 Å². The van der Waals surface area contributed by atoms with Gasteiger partial charge >= 0.3 is 54.0 Å². The molecule has 0 rings (SSSR count). The van der Waals surface area contributed by atoms with Crippen LogP contribution in [0, 0.1) is 0 Å². The van der Waals surface area contributed by atoms with E-state index in [9.17, 15) is 9.59 Å². The molecule has 2 unspecified atom stereocenters. The van der Waals surface area contributed by atoms with Gasteiger partial charge in [0.15, 0.2) is 12.2 Å². The quantitative estimate of drug-likeness (QED) is 0.449. The first kappa shape index (κ1) is 19.2. The summed E-state index contributed by atoms with van der Waals surface area (Å²) in [6.45, 7) is 0. The summed E-state index contributed by atoms with van der Waals surface area (Å²) in [4.78, 5) is 19.5. The summed E-state index contributed by atoms with van der Waals surface area (Å²) in [5.74, 6) is -3.54. The van der Waals surface area contributed by atoms with Crippen LogP contribution in [0.25, 0.3) is 0 Å². The number of aliphatic hydroxyl groups excluding tert-OH is 2. The zero-order valence-corrected chi connectivity index (χ0v) is 9.26. The maximum atomic E-state index is 9.77. The van der Waals surface area contributed by atoms with Gasteiger partial charge in [-0.15, -0.1) is 0 Å². The molecule has 0 aliphatic carbocycles. The fraction of sp³-hybridized carbons (Fsp3) is 0.500. The van der Waals surface area contributed by atoms with Gasteiger partial charge in [0.05, 0.1) is 0 Å². The van der Waals surface area contributed by atoms with Crippen LogP contribution in [-0.4, -0.2) is 44.6 Å². The van der Waals surface area contributed by atoms with Crippen LogP contribution in [0.1, 0.15) is 0 Å². The first-order valence-electron chi connectivity index (χ1n) is 2.65. The molecule has 0 aromatic rings. The van der Waals surface area contributed by atoms with Gasteiger partial charge < -0.3 is 20.4 Å². The standard InChI is InChI=1S/C4H6O6.2O.2V/c5-1(3(7)8)2(6)4(9)10;;;;/h1-2,5-6H,(H,7,8)(H,9,10);;;;. The van der Waals surface area contributed by atoms with Gasteiger partial charge in [0.1, 0.15) is 0 Å². The molecule has 0 fully saturated rings. The number of carboxylic acids is 2. The van der Waals surface area contributed by atoms with Gasteiger partial charge in [-0.3, -0.25) is 0 Å². The molecular weight excluding hydrogens is 278 g/mol. The molecule has 80 valence electrons. The van der Waals surface area contributed by atoms with Crippen LogP contribution in [-0.2, 0) is 51.7 Å². The van der Waals surface area contributed by atoms with Crippen LogP contribution in [0.5, 0.6) is 0 Å². The Morgan fingerprint density at radius 2 is 0.929 bits per heavy atom. The molecule has 10 heteroatoms. The van der Waals surface area contributed by atoms with Gasteiger partial charge in [-0.05, 0) is 0 Å². The zero-order chi connectivity index (χ0) is 12.3. The molecule has 0 aliphatic rings. The minimum absolute atomic E-state index is 1.06. The van der Waals surface area contributed by atoms with E-state index in [1.807, 2.05) is 0 Å². The summed E-state index contributed by atoms with van der Waals surface area (Å²) in [6, 6.07) is 0. The Hall–Kier alpha value is -0.371. The molecule has 0 radical (unpaired) electrons. The second-order valence-corrected chi connectivity index (χ2v) is 1.57. The van der Waals surface area contributed by atoms with E-state index in [4.69, 9.17) is 27.8 Å². The molecule has 0 amide bonds. The molecule has 0 heterocycles. The molecular formula is C4H6O8V2. The second kappa shape index (κ2) is 12.6. The van der Waals surface area contributed by atoms with Gasteiger partial charge in [0, 0.05) is 0 Å². The van der Waals surface area contributed by atoms with E-state index in [0.29, 0.717) is 0 Å². The van der Waals surface area contributed by atoms with E-state index < -0.39 is 24.1 Å². The SMILES string of the molecule is O=C(O)C(O)C(O)C(=O)O.[O]=[V].[O]=[V]. The summed E-state index contributed by atoms with van der Waals surface area (Å²) >= 11 is 2.12. The van der Waals surface area contributed by atoms with Crippen LogP contribution in [0.4, 0.5) is 0 Å². The van der Waals surface area contributed by atoms with E-state index in [2.05, 4.69) is 0 Å². The third kappa shape index (κ3) is 9.71. The molecule has 0 saturated heterocycles. The molecule has 8 nitrogen and oxygen atoms in total. The molecule has 14 heavy (non-hydrogen) atoms. The van der Waals surface area contributed by atoms with Crippen LogP contribution >= 0.6 is 0 Å². The molecule has 0 aromatic heterocycles. The van der Waals surface area contributed by atoms with Crippen LogP contribution < -0.4 is 0 Å². The predicted octanol–water partition coefficient (Wildman–Crippen LogP) is -2.37. The van der Waals surface area contributed by atoms with Crippen molar-refractivity contribution in [1.82, 2.24) is 0 Å². The number of carboxylic acid groups (broad SMARTS) is 2. The maximum absolute atomic E-state index is 9.77. The number of aliphatic carboxylic acids is 2. The molecule has 0 saturated carbocycles. The van der Waals surface area contributed by atoms with Gasteiger partial charge in [0.2, 0.25) is 0 Å². The summed E-state index contributed by atoms with van der Waals surface area (Å²) in [7, 11) is 0. The Morgan fingerprint density at radius 3 is 1.00 bits per heavy atom. The molecule has 4 N–H and O–H groups in total. The van der Waals surface area contributed by atoms with Gasteiger partial charge in [-0.1, -0.05) is 0 Å². The van der Waals surface area contributed by atoms with E-state index in [-0.39, 0.29) is 0 Å². The Kier molecular flexibility index (Phi) is 17.4. The van der Waals surface area contributed by atoms with Crippen molar-refractivity contribution in [2.24, 2.45) is 0 Å². The third-order valence-corrected chi connectivity index (χ3v) is 0.805. The van der Waals surface area contributed by atoms with Crippen molar-refractivity contribution in [2.75, 3.05) is 0 Å². The van der Waals surface area contributed by atoms with E-state index >= 15 is 0 Å². The van der Waals surface area contributed by atoms with Crippen molar-refractivity contribution in [3.05, 3.63) is 0 Å². The molecule has 0 bridgehead atoms. The molecule has 0 aliphatic heterocycles. The predicted molar refractivity (Wildman–Crippen MR) is 28.7 cm³/mol. The van der Waals surface area contributed by atoms with Crippen molar-refractivity contribution in [3.63, 3.8) is 0 Å². The van der Waals surface area contributed by atoms with Crippen molar-refractivity contribution in [3.8, 4) is 0 Å². The average molecular weight is 284 g/mol. The average Bonchev–Trinajstić information content (AvgIpc) is 2.21. The molecule has 2 atom stereocenters. The fourth-order valence-electron chi connectivity index (χ4n) is 0.270. The zero-order valence-electron chi connectivity index (χ0n) is 6.47. The van der Waals surface area contributed by atoms with Crippen LogP contribution in [0.15, 0.2) is 0 Å². The molecule has 0 spiro atoms. The van der Waals surface area contributed by atoms with Crippen molar-refractivity contribution < 1.29 is 72.1 Å². The monoisotopic (exact) mass is 284 g/mol. The number of hydrogen-bond donors (Lipinski definition) is 4. The summed E-state index contributed by atoms with van der Waals surface area (Å²) in [6.07, 6.45) is -4.53. The van der Waals surface area contributed by atoms with Crippen LogP contribution in [0.3, 0.4) is 0 Å². The Morgan fingerprint density at radius 1 is 0.786 bits per heavy atom.